The highest BCUT2D eigenvalue weighted by molar-refractivity contribution is 5.89. The maximum Gasteiger partial charge on any atom is 0.245 e. The van der Waals surface area contributed by atoms with Gasteiger partial charge in [-0.05, 0) is 26.8 Å². The minimum Gasteiger partial charge on any atom is -0.352 e. The smallest absolute Gasteiger partial charge is 0.245 e. The highest BCUT2D eigenvalue weighted by atomic mass is 16.2. The minimum absolute atomic E-state index is 0.00634. The van der Waals surface area contributed by atoms with E-state index in [0.717, 1.165) is 11.4 Å². The molecule has 3 N–H and O–H groups in total. The quantitative estimate of drug-likeness (QED) is 0.768. The topological polar surface area (TPSA) is 84.1 Å². The predicted molar refractivity (Wildman–Crippen MR) is 69.1 cm³/mol. The van der Waals surface area contributed by atoms with Crippen LogP contribution in [0.4, 0.5) is 5.95 Å². The lowest BCUT2D eigenvalue weighted by Gasteiger charge is -2.41. The van der Waals surface area contributed by atoms with Gasteiger partial charge in [-0.3, -0.25) is 4.79 Å². The van der Waals surface area contributed by atoms with E-state index in [1.807, 2.05) is 31.7 Å². The van der Waals surface area contributed by atoms with Crippen molar-refractivity contribution < 1.29 is 4.79 Å². The second-order valence-electron chi connectivity index (χ2n) is 4.97. The Kier molecular flexibility index (Phi) is 3.21. The molecule has 2 rings (SSSR count). The second kappa shape index (κ2) is 4.53. The second-order valence-corrected chi connectivity index (χ2v) is 4.97. The normalized spacial score (nSPS) is 18.7. The molecule has 0 aliphatic carbocycles. The Morgan fingerprint density at radius 3 is 2.89 bits per heavy atom. The largest absolute Gasteiger partial charge is 0.352 e. The van der Waals surface area contributed by atoms with Gasteiger partial charge in [0.2, 0.25) is 11.9 Å². The van der Waals surface area contributed by atoms with Crippen molar-refractivity contribution in [2.24, 2.45) is 5.73 Å². The summed E-state index contributed by atoms with van der Waals surface area (Å²) in [6, 6.07) is 1.86. The lowest BCUT2D eigenvalue weighted by molar-refractivity contribution is -0.126. The third kappa shape index (κ3) is 2.15. The van der Waals surface area contributed by atoms with E-state index in [2.05, 4.69) is 15.3 Å². The number of hydrogen-bond acceptors (Lipinski definition) is 5. The van der Waals surface area contributed by atoms with Crippen LogP contribution >= 0.6 is 0 Å². The van der Waals surface area contributed by atoms with Gasteiger partial charge in [-0.15, -0.1) is 0 Å². The van der Waals surface area contributed by atoms with Gasteiger partial charge in [0.25, 0.3) is 0 Å². The number of anilines is 1. The van der Waals surface area contributed by atoms with Crippen LogP contribution in [0.15, 0.2) is 6.07 Å². The Labute approximate surface area is 107 Å². The molecule has 0 radical (unpaired) electrons. The van der Waals surface area contributed by atoms with Crippen LogP contribution in [0, 0.1) is 6.92 Å². The summed E-state index contributed by atoms with van der Waals surface area (Å²) in [6.45, 7) is 7.33. The number of hydrogen-bond donors (Lipinski definition) is 2. The summed E-state index contributed by atoms with van der Waals surface area (Å²) in [7, 11) is 0. The number of rotatable bonds is 2. The summed E-state index contributed by atoms with van der Waals surface area (Å²) in [5.41, 5.74) is 6.64. The maximum absolute atomic E-state index is 11.9. The number of carbonyl (C=O) groups excluding carboxylic acids is 1. The lowest BCUT2D eigenvalue weighted by Crippen LogP contribution is -2.62. The SMILES string of the molecule is Cc1cc(CN)nc(N2CCNC(=O)C2(C)C)n1. The van der Waals surface area contributed by atoms with Crippen molar-refractivity contribution in [2.45, 2.75) is 32.9 Å². The molecule has 1 saturated heterocycles. The number of nitrogens with zero attached hydrogens (tertiary/aromatic N) is 3. The van der Waals surface area contributed by atoms with Crippen LogP contribution in [0.1, 0.15) is 25.2 Å². The highest BCUT2D eigenvalue weighted by Crippen LogP contribution is 2.23. The van der Waals surface area contributed by atoms with E-state index in [0.29, 0.717) is 25.6 Å². The fraction of sp³-hybridized carbons (Fsp3) is 0.583. The van der Waals surface area contributed by atoms with Gasteiger partial charge in [-0.2, -0.15) is 0 Å². The van der Waals surface area contributed by atoms with Crippen molar-refractivity contribution in [3.05, 3.63) is 17.5 Å². The van der Waals surface area contributed by atoms with Crippen LogP contribution in [0.3, 0.4) is 0 Å². The van der Waals surface area contributed by atoms with E-state index in [1.165, 1.54) is 0 Å². The van der Waals surface area contributed by atoms with E-state index in [1.54, 1.807) is 0 Å². The molecule has 1 amide bonds. The molecule has 0 unspecified atom stereocenters. The van der Waals surface area contributed by atoms with E-state index < -0.39 is 5.54 Å². The summed E-state index contributed by atoms with van der Waals surface area (Å²) >= 11 is 0. The van der Waals surface area contributed by atoms with Gasteiger partial charge in [0.05, 0.1) is 5.69 Å². The van der Waals surface area contributed by atoms with Crippen molar-refractivity contribution in [3.63, 3.8) is 0 Å². The van der Waals surface area contributed by atoms with Crippen molar-refractivity contribution in [3.8, 4) is 0 Å². The molecular weight excluding hydrogens is 230 g/mol. The zero-order chi connectivity index (χ0) is 13.3. The molecule has 2 heterocycles. The van der Waals surface area contributed by atoms with Gasteiger partial charge >= 0.3 is 0 Å². The first kappa shape index (κ1) is 12.8. The number of aryl methyl sites for hydroxylation is 1. The molecule has 1 aromatic heterocycles. The summed E-state index contributed by atoms with van der Waals surface area (Å²) in [4.78, 5) is 22.7. The summed E-state index contributed by atoms with van der Waals surface area (Å²) in [6.07, 6.45) is 0. The van der Waals surface area contributed by atoms with E-state index in [4.69, 9.17) is 5.73 Å². The van der Waals surface area contributed by atoms with Crippen molar-refractivity contribution in [1.82, 2.24) is 15.3 Å². The van der Waals surface area contributed by atoms with Crippen molar-refractivity contribution >= 4 is 11.9 Å². The first-order valence-electron chi connectivity index (χ1n) is 6.05. The Morgan fingerprint density at radius 1 is 1.50 bits per heavy atom. The van der Waals surface area contributed by atoms with Crippen molar-refractivity contribution in [2.75, 3.05) is 18.0 Å². The standard InChI is InChI=1S/C12H19N5O/c1-8-6-9(7-13)16-11(15-8)17-5-4-14-10(18)12(17,2)3/h6H,4-5,7,13H2,1-3H3,(H,14,18). The van der Waals surface area contributed by atoms with Crippen LogP contribution < -0.4 is 16.0 Å². The molecule has 1 aliphatic rings. The molecule has 0 spiro atoms. The summed E-state index contributed by atoms with van der Waals surface area (Å²) in [5.74, 6) is 0.573. The van der Waals surface area contributed by atoms with Crippen LogP contribution in [-0.4, -0.2) is 34.5 Å². The number of carbonyl (C=O) groups is 1. The lowest BCUT2D eigenvalue weighted by atomic mass is 9.99. The van der Waals surface area contributed by atoms with Gasteiger partial charge in [0, 0.05) is 25.3 Å². The zero-order valence-corrected chi connectivity index (χ0v) is 11.0. The molecule has 0 atom stereocenters. The number of piperazine rings is 1. The molecule has 0 saturated carbocycles. The third-order valence-electron chi connectivity index (χ3n) is 3.20. The summed E-state index contributed by atoms with van der Waals surface area (Å²) in [5, 5.41) is 2.85. The predicted octanol–water partition coefficient (Wildman–Crippen LogP) is -0.0415. The van der Waals surface area contributed by atoms with Gasteiger partial charge in [-0.1, -0.05) is 0 Å². The van der Waals surface area contributed by atoms with Crippen LogP contribution in [-0.2, 0) is 11.3 Å². The van der Waals surface area contributed by atoms with E-state index >= 15 is 0 Å². The number of amides is 1. The molecule has 6 nitrogen and oxygen atoms in total. The van der Waals surface area contributed by atoms with Gasteiger partial charge in [-0.25, -0.2) is 9.97 Å². The molecule has 0 bridgehead atoms. The number of nitrogens with one attached hydrogen (secondary N) is 1. The molecular formula is C12H19N5O. The monoisotopic (exact) mass is 249 g/mol. The maximum atomic E-state index is 11.9. The Morgan fingerprint density at radius 2 is 2.22 bits per heavy atom. The first-order valence-corrected chi connectivity index (χ1v) is 6.05. The van der Waals surface area contributed by atoms with E-state index in [9.17, 15) is 4.79 Å². The molecule has 1 fully saturated rings. The van der Waals surface area contributed by atoms with Crippen molar-refractivity contribution in [1.29, 1.82) is 0 Å². The highest BCUT2D eigenvalue weighted by Gasteiger charge is 2.39. The van der Waals surface area contributed by atoms with Crippen LogP contribution in [0.2, 0.25) is 0 Å². The minimum atomic E-state index is -0.641. The Hall–Kier alpha value is -1.69. The van der Waals surface area contributed by atoms with Crippen LogP contribution in [0.25, 0.3) is 0 Å². The molecule has 0 aromatic carbocycles. The Bertz CT molecular complexity index is 472. The molecule has 98 valence electrons. The first-order chi connectivity index (χ1) is 8.45. The fourth-order valence-corrected chi connectivity index (χ4v) is 2.09. The summed E-state index contributed by atoms with van der Waals surface area (Å²) < 4.78 is 0. The van der Waals surface area contributed by atoms with Gasteiger partial charge < -0.3 is 16.0 Å². The molecule has 6 heteroatoms. The van der Waals surface area contributed by atoms with Gasteiger partial charge in [0.1, 0.15) is 5.54 Å². The molecule has 18 heavy (non-hydrogen) atoms. The zero-order valence-electron chi connectivity index (χ0n) is 11.0. The molecule has 1 aromatic rings. The van der Waals surface area contributed by atoms with E-state index in [-0.39, 0.29) is 5.91 Å². The third-order valence-corrected chi connectivity index (χ3v) is 3.20. The Balaban J connectivity index is 2.41. The molecule has 1 aliphatic heterocycles. The number of nitrogens with two attached hydrogens (primary N) is 1. The number of aromatic nitrogens is 2. The van der Waals surface area contributed by atoms with Gasteiger partial charge in [0.15, 0.2) is 0 Å². The fourth-order valence-electron chi connectivity index (χ4n) is 2.09. The van der Waals surface area contributed by atoms with Crippen LogP contribution in [0.5, 0.6) is 0 Å². The average molecular weight is 249 g/mol. The average Bonchev–Trinajstić information content (AvgIpc) is 2.31.